The quantitative estimate of drug-likeness (QED) is 0.245. The molecular weight excluding hydrogens is 320 g/mol. The van der Waals surface area contributed by atoms with Crippen molar-refractivity contribution in [2.24, 2.45) is 5.41 Å². The fourth-order valence-corrected chi connectivity index (χ4v) is 3.07. The van der Waals surface area contributed by atoms with Crippen molar-refractivity contribution in [3.8, 4) is 0 Å². The summed E-state index contributed by atoms with van der Waals surface area (Å²) < 4.78 is 4.66. The minimum absolute atomic E-state index is 0.123. The molecule has 24 heavy (non-hydrogen) atoms. The number of carbonyl (C=O) groups excluding carboxylic acids is 1. The highest BCUT2D eigenvalue weighted by Crippen LogP contribution is 2.40. The van der Waals surface area contributed by atoms with E-state index < -0.39 is 5.97 Å². The van der Waals surface area contributed by atoms with Crippen LogP contribution in [-0.2, 0) is 9.53 Å². The number of hydrogen-bond donors (Lipinski definition) is 0. The lowest BCUT2D eigenvalue weighted by Crippen LogP contribution is -2.19. The Morgan fingerprint density at radius 3 is 2.58 bits per heavy atom. The van der Waals surface area contributed by atoms with Gasteiger partial charge >= 0.3 is 5.97 Å². The van der Waals surface area contributed by atoms with Crippen LogP contribution in [0.15, 0.2) is 58.7 Å². The summed E-state index contributed by atoms with van der Waals surface area (Å²) >= 11 is 5.34. The largest absolute Gasteiger partial charge is 0.446 e. The number of esters is 1. The van der Waals surface area contributed by atoms with E-state index in [9.17, 15) is 4.79 Å². The third-order valence-corrected chi connectivity index (χ3v) is 4.43. The molecule has 0 aromatic carbocycles. The van der Waals surface area contributed by atoms with Gasteiger partial charge in [0.1, 0.15) is 0 Å². The van der Waals surface area contributed by atoms with E-state index in [1.54, 1.807) is 0 Å². The molecule has 0 spiro atoms. The van der Waals surface area contributed by atoms with Gasteiger partial charge in [-0.3, -0.25) is 0 Å². The van der Waals surface area contributed by atoms with Gasteiger partial charge in [-0.25, -0.2) is 4.79 Å². The van der Waals surface area contributed by atoms with Crippen LogP contribution in [0.4, 0.5) is 0 Å². The Hall–Kier alpha value is -1.54. The summed E-state index contributed by atoms with van der Waals surface area (Å²) in [7, 11) is 0. The minimum atomic E-state index is -0.422. The normalized spacial score (nSPS) is 19.4. The van der Waals surface area contributed by atoms with E-state index in [0.29, 0.717) is 0 Å². The molecule has 0 saturated heterocycles. The lowest BCUT2D eigenvalue weighted by molar-refractivity contribution is -0.135. The van der Waals surface area contributed by atoms with E-state index in [4.69, 9.17) is 11.6 Å². The van der Waals surface area contributed by atoms with E-state index in [1.165, 1.54) is 42.1 Å². The molecule has 0 amide bonds. The van der Waals surface area contributed by atoms with Crippen LogP contribution in [0.5, 0.6) is 0 Å². The molecule has 1 aliphatic rings. The molecule has 0 fully saturated rings. The summed E-state index contributed by atoms with van der Waals surface area (Å²) in [6.07, 6.45) is 15.4. The van der Waals surface area contributed by atoms with Gasteiger partial charge in [0.15, 0.2) is 6.07 Å². The summed E-state index contributed by atoms with van der Waals surface area (Å²) in [4.78, 5) is 11.3. The molecule has 0 aliphatic heterocycles. The first-order chi connectivity index (χ1) is 11.3. The molecule has 0 aromatic heterocycles. The van der Waals surface area contributed by atoms with Crippen LogP contribution >= 0.6 is 11.6 Å². The molecule has 0 saturated carbocycles. The van der Waals surface area contributed by atoms with Crippen molar-refractivity contribution in [2.45, 2.75) is 53.9 Å². The zero-order valence-electron chi connectivity index (χ0n) is 15.5. The zero-order valence-corrected chi connectivity index (χ0v) is 16.2. The Bertz CT molecular complexity index is 601. The number of ether oxygens (including phenoxy) is 1. The van der Waals surface area contributed by atoms with Gasteiger partial charge < -0.3 is 4.74 Å². The number of rotatable bonds is 6. The average molecular weight is 349 g/mol. The van der Waals surface area contributed by atoms with Crippen molar-refractivity contribution >= 4 is 17.6 Å². The number of carbonyl (C=O) groups is 1. The summed E-state index contributed by atoms with van der Waals surface area (Å²) in [6.45, 7) is 10.8. The predicted octanol–water partition coefficient (Wildman–Crippen LogP) is 6.26. The van der Waals surface area contributed by atoms with Crippen LogP contribution in [0, 0.1) is 5.41 Å². The van der Waals surface area contributed by atoms with Gasteiger partial charge in [-0.2, -0.15) is 0 Å². The topological polar surface area (TPSA) is 26.3 Å². The van der Waals surface area contributed by atoms with E-state index in [0.717, 1.165) is 5.57 Å². The fraction of sp³-hybridized carbons (Fsp3) is 0.476. The van der Waals surface area contributed by atoms with Crippen molar-refractivity contribution in [2.75, 3.05) is 6.07 Å². The van der Waals surface area contributed by atoms with E-state index in [-0.39, 0.29) is 11.5 Å². The number of halogens is 1. The Labute approximate surface area is 151 Å². The van der Waals surface area contributed by atoms with Crippen molar-refractivity contribution in [3.63, 3.8) is 0 Å². The smallest absolute Gasteiger partial charge is 0.332 e. The fourth-order valence-electron chi connectivity index (χ4n) is 2.96. The number of hydrogen-bond acceptors (Lipinski definition) is 2. The van der Waals surface area contributed by atoms with Gasteiger partial charge in [-0.15, -0.1) is 0 Å². The summed E-state index contributed by atoms with van der Waals surface area (Å²) in [6, 6.07) is -0.123. The van der Waals surface area contributed by atoms with E-state index >= 15 is 0 Å². The SMILES string of the molecule is CC1=C(/C=C/C(C)=C/C=C/C(C)=C/C(=O)OCCl)C(C)(C)CCC1. The number of allylic oxidation sites excluding steroid dienone is 9. The van der Waals surface area contributed by atoms with Crippen LogP contribution in [-0.4, -0.2) is 12.0 Å². The van der Waals surface area contributed by atoms with Crippen molar-refractivity contribution < 1.29 is 9.53 Å². The first-order valence-corrected chi connectivity index (χ1v) is 8.94. The summed E-state index contributed by atoms with van der Waals surface area (Å²) in [5.41, 5.74) is 5.22. The highest BCUT2D eigenvalue weighted by atomic mass is 35.5. The van der Waals surface area contributed by atoms with Gasteiger partial charge in [0.2, 0.25) is 0 Å². The Balaban J connectivity index is 2.73. The molecule has 0 N–H and O–H groups in total. The first kappa shape index (κ1) is 20.5. The van der Waals surface area contributed by atoms with Crippen LogP contribution in [0.25, 0.3) is 0 Å². The summed E-state index contributed by atoms with van der Waals surface area (Å²) in [5, 5.41) is 0. The van der Waals surface area contributed by atoms with Gasteiger partial charge in [-0.1, -0.05) is 67.0 Å². The molecule has 2 nitrogen and oxygen atoms in total. The molecular formula is C21H29ClO2. The van der Waals surface area contributed by atoms with E-state index in [1.807, 2.05) is 25.2 Å². The molecule has 3 heteroatoms. The maximum absolute atomic E-state index is 11.3. The van der Waals surface area contributed by atoms with Crippen molar-refractivity contribution in [1.82, 2.24) is 0 Å². The molecule has 0 aromatic rings. The maximum atomic E-state index is 11.3. The third-order valence-electron chi connectivity index (χ3n) is 4.32. The van der Waals surface area contributed by atoms with Crippen LogP contribution in [0.2, 0.25) is 0 Å². The highest BCUT2D eigenvalue weighted by Gasteiger charge is 2.26. The second-order valence-corrected chi connectivity index (χ2v) is 7.21. The third kappa shape index (κ3) is 6.92. The predicted molar refractivity (Wildman–Crippen MR) is 103 cm³/mol. The number of alkyl halides is 1. The Morgan fingerprint density at radius 2 is 1.96 bits per heavy atom. The molecule has 132 valence electrons. The van der Waals surface area contributed by atoms with E-state index in [2.05, 4.69) is 44.6 Å². The van der Waals surface area contributed by atoms with Gasteiger partial charge in [0.25, 0.3) is 0 Å². The molecule has 0 bridgehead atoms. The zero-order chi connectivity index (χ0) is 18.2. The molecule has 0 heterocycles. The first-order valence-electron chi connectivity index (χ1n) is 8.40. The van der Waals surface area contributed by atoms with Gasteiger partial charge in [-0.05, 0) is 56.6 Å². The Kier molecular flexibility index (Phi) is 8.27. The van der Waals surface area contributed by atoms with Crippen LogP contribution in [0.1, 0.15) is 53.9 Å². The molecule has 0 radical (unpaired) electrons. The summed E-state index contributed by atoms with van der Waals surface area (Å²) in [5.74, 6) is -0.422. The molecule has 1 aliphatic carbocycles. The lowest BCUT2D eigenvalue weighted by Gasteiger charge is -2.32. The minimum Gasteiger partial charge on any atom is -0.446 e. The van der Waals surface area contributed by atoms with Crippen LogP contribution in [0.3, 0.4) is 0 Å². The van der Waals surface area contributed by atoms with Crippen molar-refractivity contribution in [1.29, 1.82) is 0 Å². The van der Waals surface area contributed by atoms with Gasteiger partial charge in [0, 0.05) is 6.08 Å². The molecule has 1 rings (SSSR count). The second kappa shape index (κ2) is 9.68. The lowest BCUT2D eigenvalue weighted by atomic mass is 9.72. The molecule has 0 atom stereocenters. The standard InChI is InChI=1S/C21H29ClO2/c1-16(8-6-9-17(2)14-20(23)24-15-22)11-12-19-18(3)10-7-13-21(19,4)5/h6,8-9,11-12,14H,7,10,13,15H2,1-5H3/b9-6+,12-11+,16-8+,17-14+. The maximum Gasteiger partial charge on any atom is 0.332 e. The monoisotopic (exact) mass is 348 g/mol. The highest BCUT2D eigenvalue weighted by molar-refractivity contribution is 6.17. The molecule has 0 unspecified atom stereocenters. The second-order valence-electron chi connectivity index (χ2n) is 7.00. The van der Waals surface area contributed by atoms with Crippen molar-refractivity contribution in [3.05, 3.63) is 58.7 Å². The van der Waals surface area contributed by atoms with Gasteiger partial charge in [0.05, 0.1) is 0 Å². The average Bonchev–Trinajstić information content (AvgIpc) is 2.46. The van der Waals surface area contributed by atoms with Crippen LogP contribution < -0.4 is 0 Å². The Morgan fingerprint density at radius 1 is 1.25 bits per heavy atom.